The van der Waals surface area contributed by atoms with E-state index in [0.29, 0.717) is 18.0 Å². The highest BCUT2D eigenvalue weighted by molar-refractivity contribution is 5.78. The topological polar surface area (TPSA) is 49.2 Å². The van der Waals surface area contributed by atoms with Gasteiger partial charge < -0.3 is 9.47 Å². The van der Waals surface area contributed by atoms with Crippen molar-refractivity contribution in [1.29, 1.82) is 0 Å². The Bertz CT molecular complexity index is 513. The minimum Gasteiger partial charge on any atom is -0.493 e. The van der Waals surface area contributed by atoms with Gasteiger partial charge in [-0.2, -0.15) is 15.0 Å². The van der Waals surface area contributed by atoms with E-state index >= 15 is 0 Å². The lowest BCUT2D eigenvalue weighted by atomic mass is 10.3. The molecule has 1 heterocycles. The minimum atomic E-state index is 0.347. The molecule has 0 aliphatic carbocycles. The van der Waals surface area contributed by atoms with E-state index in [2.05, 4.69) is 16.1 Å². The fraction of sp³-hybridized carbons (Fsp3) is 0.273. The van der Waals surface area contributed by atoms with Crippen LogP contribution in [0, 0.1) is 12.3 Å². The highest BCUT2D eigenvalue weighted by Crippen LogP contribution is 2.30. The van der Waals surface area contributed by atoms with Gasteiger partial charge in [-0.1, -0.05) is 5.92 Å². The Hall–Kier alpha value is -2.22. The number of rotatable bonds is 3. The van der Waals surface area contributed by atoms with Crippen molar-refractivity contribution in [3.63, 3.8) is 0 Å². The molecule has 2 aromatic rings. The Labute approximate surface area is 93.0 Å². The average Bonchev–Trinajstić information content (AvgIpc) is 2.68. The van der Waals surface area contributed by atoms with Crippen LogP contribution in [-0.4, -0.2) is 29.2 Å². The maximum atomic E-state index is 5.19. The monoisotopic (exact) mass is 217 g/mol. The number of benzene rings is 1. The highest BCUT2D eigenvalue weighted by Gasteiger charge is 2.09. The molecule has 0 amide bonds. The largest absolute Gasteiger partial charge is 0.493 e. The molecule has 2 rings (SSSR count). The van der Waals surface area contributed by atoms with Crippen LogP contribution in [-0.2, 0) is 6.54 Å². The Kier molecular flexibility index (Phi) is 2.64. The normalized spacial score (nSPS) is 10.1. The second kappa shape index (κ2) is 4.11. The van der Waals surface area contributed by atoms with Gasteiger partial charge in [0, 0.05) is 12.1 Å². The van der Waals surface area contributed by atoms with E-state index in [1.165, 1.54) is 4.80 Å². The summed E-state index contributed by atoms with van der Waals surface area (Å²) in [5.74, 6) is 3.73. The molecule has 0 radical (unpaired) electrons. The van der Waals surface area contributed by atoms with Crippen molar-refractivity contribution in [2.75, 3.05) is 14.2 Å². The zero-order valence-electron chi connectivity index (χ0n) is 9.10. The van der Waals surface area contributed by atoms with Gasteiger partial charge in [0.1, 0.15) is 17.6 Å². The van der Waals surface area contributed by atoms with E-state index in [1.807, 2.05) is 0 Å². The molecule has 0 aliphatic heterocycles. The lowest BCUT2D eigenvalue weighted by Crippen LogP contribution is -1.98. The smallest absolute Gasteiger partial charge is 0.163 e. The number of hydrogen-bond donors (Lipinski definition) is 0. The van der Waals surface area contributed by atoms with Gasteiger partial charge in [-0.05, 0) is 0 Å². The highest BCUT2D eigenvalue weighted by atomic mass is 16.5. The maximum absolute atomic E-state index is 5.19. The molecule has 0 unspecified atom stereocenters. The van der Waals surface area contributed by atoms with Crippen molar-refractivity contribution in [3.05, 3.63) is 12.1 Å². The molecule has 1 aromatic carbocycles. The molecule has 0 fully saturated rings. The third-order valence-electron chi connectivity index (χ3n) is 2.16. The van der Waals surface area contributed by atoms with E-state index in [-0.39, 0.29) is 0 Å². The first-order chi connectivity index (χ1) is 7.78. The summed E-state index contributed by atoms with van der Waals surface area (Å²) in [6.45, 7) is 0.347. The third kappa shape index (κ3) is 1.65. The third-order valence-corrected chi connectivity index (χ3v) is 2.16. The van der Waals surface area contributed by atoms with Gasteiger partial charge in [-0.3, -0.25) is 0 Å². The minimum absolute atomic E-state index is 0.347. The summed E-state index contributed by atoms with van der Waals surface area (Å²) in [4.78, 5) is 1.46. The SMILES string of the molecule is C#CCn1nc2cc(OC)c(OC)cc2n1. The van der Waals surface area contributed by atoms with E-state index in [1.54, 1.807) is 26.4 Å². The van der Waals surface area contributed by atoms with Crippen LogP contribution in [0.3, 0.4) is 0 Å². The van der Waals surface area contributed by atoms with Gasteiger partial charge in [-0.15, -0.1) is 6.42 Å². The van der Waals surface area contributed by atoms with Crippen molar-refractivity contribution in [2.24, 2.45) is 0 Å². The van der Waals surface area contributed by atoms with Crippen LogP contribution in [0.5, 0.6) is 11.5 Å². The molecule has 0 saturated heterocycles. The quantitative estimate of drug-likeness (QED) is 0.722. The summed E-state index contributed by atoms with van der Waals surface area (Å²) in [5, 5.41) is 8.43. The first-order valence-electron chi connectivity index (χ1n) is 4.69. The summed E-state index contributed by atoms with van der Waals surface area (Å²) in [6, 6.07) is 3.54. The molecule has 5 heteroatoms. The summed E-state index contributed by atoms with van der Waals surface area (Å²) in [7, 11) is 3.16. The Balaban J connectivity index is 2.56. The van der Waals surface area contributed by atoms with E-state index < -0.39 is 0 Å². The van der Waals surface area contributed by atoms with Crippen molar-refractivity contribution < 1.29 is 9.47 Å². The fourth-order valence-electron chi connectivity index (χ4n) is 1.44. The number of terminal acetylenes is 1. The molecule has 5 nitrogen and oxygen atoms in total. The lowest BCUT2D eigenvalue weighted by Gasteiger charge is -2.05. The summed E-state index contributed by atoms with van der Waals surface area (Å²) >= 11 is 0. The van der Waals surface area contributed by atoms with Gasteiger partial charge >= 0.3 is 0 Å². The van der Waals surface area contributed by atoms with Crippen LogP contribution in [0.1, 0.15) is 0 Å². The summed E-state index contributed by atoms with van der Waals surface area (Å²) < 4.78 is 10.3. The Morgan fingerprint density at radius 3 is 2.06 bits per heavy atom. The predicted octanol–water partition coefficient (Wildman–Crippen LogP) is 1.08. The van der Waals surface area contributed by atoms with Crippen LogP contribution in [0.4, 0.5) is 0 Å². The first kappa shape index (κ1) is 10.3. The number of aromatic nitrogens is 3. The van der Waals surface area contributed by atoms with Crippen LogP contribution in [0.2, 0.25) is 0 Å². The summed E-state index contributed by atoms with van der Waals surface area (Å²) in [6.07, 6.45) is 5.19. The zero-order chi connectivity index (χ0) is 11.5. The van der Waals surface area contributed by atoms with Crippen molar-refractivity contribution >= 4 is 11.0 Å². The van der Waals surface area contributed by atoms with Crippen molar-refractivity contribution in [2.45, 2.75) is 6.54 Å². The van der Waals surface area contributed by atoms with Crippen LogP contribution >= 0.6 is 0 Å². The Morgan fingerprint density at radius 1 is 1.19 bits per heavy atom. The summed E-state index contributed by atoms with van der Waals surface area (Å²) in [5.41, 5.74) is 1.46. The van der Waals surface area contributed by atoms with Crippen LogP contribution in [0.15, 0.2) is 12.1 Å². The molecular formula is C11H11N3O2. The number of fused-ring (bicyclic) bond motifs is 1. The molecule has 0 aliphatic rings. The van der Waals surface area contributed by atoms with E-state index in [0.717, 1.165) is 11.0 Å². The predicted molar refractivity (Wildman–Crippen MR) is 59.5 cm³/mol. The average molecular weight is 217 g/mol. The second-order valence-electron chi connectivity index (χ2n) is 3.13. The standard InChI is InChI=1S/C11H11N3O2/c1-4-5-14-12-8-6-10(15-2)11(16-3)7-9(8)13-14/h1,6-7H,5H2,2-3H3. The van der Waals surface area contributed by atoms with Gasteiger partial charge in [-0.25, -0.2) is 0 Å². The molecule has 82 valence electrons. The molecule has 0 N–H and O–H groups in total. The zero-order valence-corrected chi connectivity index (χ0v) is 9.10. The number of methoxy groups -OCH3 is 2. The van der Waals surface area contributed by atoms with Gasteiger partial charge in [0.2, 0.25) is 0 Å². The molecule has 16 heavy (non-hydrogen) atoms. The molecular weight excluding hydrogens is 206 g/mol. The van der Waals surface area contributed by atoms with Gasteiger partial charge in [0.15, 0.2) is 11.5 Å². The van der Waals surface area contributed by atoms with Gasteiger partial charge in [0.25, 0.3) is 0 Å². The number of hydrogen-bond acceptors (Lipinski definition) is 4. The van der Waals surface area contributed by atoms with Crippen LogP contribution < -0.4 is 9.47 Å². The first-order valence-corrected chi connectivity index (χ1v) is 4.69. The van der Waals surface area contributed by atoms with Gasteiger partial charge in [0.05, 0.1) is 14.2 Å². The van der Waals surface area contributed by atoms with E-state index in [4.69, 9.17) is 15.9 Å². The fourth-order valence-corrected chi connectivity index (χ4v) is 1.44. The lowest BCUT2D eigenvalue weighted by molar-refractivity contribution is 0.356. The molecule has 0 saturated carbocycles. The second-order valence-corrected chi connectivity index (χ2v) is 3.13. The van der Waals surface area contributed by atoms with Crippen molar-refractivity contribution in [1.82, 2.24) is 15.0 Å². The van der Waals surface area contributed by atoms with Crippen LogP contribution in [0.25, 0.3) is 11.0 Å². The molecule has 0 bridgehead atoms. The molecule has 1 aromatic heterocycles. The Morgan fingerprint density at radius 2 is 1.69 bits per heavy atom. The molecule has 0 atom stereocenters. The van der Waals surface area contributed by atoms with Crippen molar-refractivity contribution in [3.8, 4) is 23.8 Å². The molecule has 0 spiro atoms. The number of nitrogens with zero attached hydrogens (tertiary/aromatic N) is 3. The van der Waals surface area contributed by atoms with E-state index in [9.17, 15) is 0 Å². The maximum Gasteiger partial charge on any atom is 0.163 e. The number of ether oxygens (including phenoxy) is 2.